The van der Waals surface area contributed by atoms with Crippen LogP contribution in [0.1, 0.15) is 79.1 Å². The van der Waals surface area contributed by atoms with Crippen molar-refractivity contribution in [3.05, 3.63) is 12.2 Å². The fourth-order valence-electron chi connectivity index (χ4n) is 2.81. The molecule has 0 radical (unpaired) electrons. The summed E-state index contributed by atoms with van der Waals surface area (Å²) < 4.78 is 0. The first-order chi connectivity index (χ1) is 8.93. The standard InChI is InChI=1S/C17H34O2/c1-5-7-8-9-10-11-15(3)13-17(19,12-6-2)14-16(4)18/h10-11,15-16,18-19H,5-9,12-14H2,1-4H3. The maximum atomic E-state index is 10.6. The van der Waals surface area contributed by atoms with Crippen LogP contribution in [0.15, 0.2) is 12.2 Å². The molecule has 0 bridgehead atoms. The van der Waals surface area contributed by atoms with E-state index in [2.05, 4.69) is 32.9 Å². The van der Waals surface area contributed by atoms with E-state index in [9.17, 15) is 10.2 Å². The highest BCUT2D eigenvalue weighted by Gasteiger charge is 2.28. The summed E-state index contributed by atoms with van der Waals surface area (Å²) in [5.41, 5.74) is -0.712. The number of allylic oxidation sites excluding steroid dienone is 2. The van der Waals surface area contributed by atoms with Crippen molar-refractivity contribution in [1.82, 2.24) is 0 Å². The molecule has 0 heterocycles. The van der Waals surface area contributed by atoms with Crippen molar-refractivity contribution in [2.45, 2.75) is 90.8 Å². The topological polar surface area (TPSA) is 40.5 Å². The maximum absolute atomic E-state index is 10.6. The molecule has 114 valence electrons. The fraction of sp³-hybridized carbons (Fsp3) is 0.882. The minimum atomic E-state index is -0.712. The summed E-state index contributed by atoms with van der Waals surface area (Å²) >= 11 is 0. The van der Waals surface area contributed by atoms with E-state index < -0.39 is 11.7 Å². The SMILES string of the molecule is CCCCCC=CC(C)CC(O)(CCC)CC(C)O. The number of unbranched alkanes of at least 4 members (excludes halogenated alkanes) is 3. The van der Waals surface area contributed by atoms with Gasteiger partial charge in [-0.25, -0.2) is 0 Å². The molecule has 2 N–H and O–H groups in total. The molecule has 0 saturated carbocycles. The van der Waals surface area contributed by atoms with Crippen LogP contribution in [-0.4, -0.2) is 21.9 Å². The summed E-state index contributed by atoms with van der Waals surface area (Å²) in [6.45, 7) is 8.20. The molecule has 0 fully saturated rings. The van der Waals surface area contributed by atoms with Gasteiger partial charge >= 0.3 is 0 Å². The summed E-state index contributed by atoms with van der Waals surface area (Å²) in [7, 11) is 0. The van der Waals surface area contributed by atoms with Gasteiger partial charge in [-0.05, 0) is 38.5 Å². The molecule has 3 atom stereocenters. The molecule has 0 aromatic rings. The molecule has 0 aliphatic carbocycles. The molecule has 19 heavy (non-hydrogen) atoms. The van der Waals surface area contributed by atoms with E-state index in [1.54, 1.807) is 6.92 Å². The largest absolute Gasteiger partial charge is 0.393 e. The Balaban J connectivity index is 4.18. The Bertz CT molecular complexity index is 235. The summed E-state index contributed by atoms with van der Waals surface area (Å²) in [5, 5.41) is 20.1. The zero-order chi connectivity index (χ0) is 14.7. The van der Waals surface area contributed by atoms with Crippen molar-refractivity contribution in [1.29, 1.82) is 0 Å². The van der Waals surface area contributed by atoms with E-state index in [0.29, 0.717) is 12.3 Å². The number of aliphatic hydroxyl groups excluding tert-OH is 1. The predicted molar refractivity (Wildman–Crippen MR) is 83.2 cm³/mol. The van der Waals surface area contributed by atoms with E-state index in [0.717, 1.165) is 25.7 Å². The minimum Gasteiger partial charge on any atom is -0.393 e. The molecule has 0 aliphatic rings. The molecule has 2 nitrogen and oxygen atoms in total. The van der Waals surface area contributed by atoms with E-state index in [-0.39, 0.29) is 0 Å². The lowest BCUT2D eigenvalue weighted by Gasteiger charge is -2.31. The molecule has 0 aromatic carbocycles. The van der Waals surface area contributed by atoms with Gasteiger partial charge in [-0.3, -0.25) is 0 Å². The Kier molecular flexibility index (Phi) is 10.3. The zero-order valence-electron chi connectivity index (χ0n) is 13.4. The van der Waals surface area contributed by atoms with Gasteiger partial charge in [0, 0.05) is 6.42 Å². The van der Waals surface area contributed by atoms with Gasteiger partial charge in [0.1, 0.15) is 0 Å². The monoisotopic (exact) mass is 270 g/mol. The second kappa shape index (κ2) is 10.4. The first-order valence-corrected chi connectivity index (χ1v) is 8.00. The molecule has 3 unspecified atom stereocenters. The second-order valence-corrected chi connectivity index (χ2v) is 6.13. The van der Waals surface area contributed by atoms with Gasteiger partial charge < -0.3 is 10.2 Å². The molecule has 0 saturated heterocycles. The molecule has 2 heteroatoms. The van der Waals surface area contributed by atoms with Gasteiger partial charge in [0.2, 0.25) is 0 Å². The average molecular weight is 270 g/mol. The highest BCUT2D eigenvalue weighted by molar-refractivity contribution is 4.92. The third-order valence-electron chi connectivity index (χ3n) is 3.53. The van der Waals surface area contributed by atoms with Gasteiger partial charge in [-0.2, -0.15) is 0 Å². The van der Waals surface area contributed by atoms with Gasteiger partial charge in [0.05, 0.1) is 11.7 Å². The summed E-state index contributed by atoms with van der Waals surface area (Å²) in [6, 6.07) is 0. The normalized spacial score (nSPS) is 18.4. The van der Waals surface area contributed by atoms with Crippen LogP contribution in [0.2, 0.25) is 0 Å². The lowest BCUT2D eigenvalue weighted by atomic mass is 9.83. The van der Waals surface area contributed by atoms with Crippen LogP contribution in [-0.2, 0) is 0 Å². The Morgan fingerprint density at radius 3 is 2.26 bits per heavy atom. The average Bonchev–Trinajstić information content (AvgIpc) is 2.27. The Morgan fingerprint density at radius 2 is 1.74 bits per heavy atom. The second-order valence-electron chi connectivity index (χ2n) is 6.13. The number of rotatable bonds is 11. The molecule has 0 rings (SSSR count). The van der Waals surface area contributed by atoms with Crippen molar-refractivity contribution in [3.8, 4) is 0 Å². The Hall–Kier alpha value is -0.340. The minimum absolute atomic E-state index is 0.372. The quantitative estimate of drug-likeness (QED) is 0.430. The van der Waals surface area contributed by atoms with E-state index in [1.165, 1.54) is 19.3 Å². The van der Waals surface area contributed by atoms with Crippen LogP contribution >= 0.6 is 0 Å². The van der Waals surface area contributed by atoms with Crippen molar-refractivity contribution in [2.24, 2.45) is 5.92 Å². The Labute approximate surface area is 119 Å². The third kappa shape index (κ3) is 10.1. The van der Waals surface area contributed by atoms with E-state index in [4.69, 9.17) is 0 Å². The third-order valence-corrected chi connectivity index (χ3v) is 3.53. The van der Waals surface area contributed by atoms with Crippen LogP contribution < -0.4 is 0 Å². The summed E-state index contributed by atoms with van der Waals surface area (Å²) in [5.74, 6) is 0.372. The molecule has 0 aromatic heterocycles. The van der Waals surface area contributed by atoms with Gasteiger partial charge in [0.15, 0.2) is 0 Å². The smallest absolute Gasteiger partial charge is 0.0677 e. The van der Waals surface area contributed by atoms with Crippen molar-refractivity contribution in [3.63, 3.8) is 0 Å². The van der Waals surface area contributed by atoms with Crippen molar-refractivity contribution in [2.75, 3.05) is 0 Å². The molecule has 0 aliphatic heterocycles. The zero-order valence-corrected chi connectivity index (χ0v) is 13.4. The van der Waals surface area contributed by atoms with Gasteiger partial charge in [0.25, 0.3) is 0 Å². The highest BCUT2D eigenvalue weighted by Crippen LogP contribution is 2.28. The molecular weight excluding hydrogens is 236 g/mol. The fourth-order valence-corrected chi connectivity index (χ4v) is 2.81. The van der Waals surface area contributed by atoms with Crippen LogP contribution in [0, 0.1) is 5.92 Å². The highest BCUT2D eigenvalue weighted by atomic mass is 16.3. The first-order valence-electron chi connectivity index (χ1n) is 8.00. The molecule has 0 spiro atoms. The van der Waals surface area contributed by atoms with Crippen LogP contribution in [0.4, 0.5) is 0 Å². The molecular formula is C17H34O2. The maximum Gasteiger partial charge on any atom is 0.0677 e. The van der Waals surface area contributed by atoms with Gasteiger partial charge in [-0.15, -0.1) is 0 Å². The summed E-state index contributed by atoms with van der Waals surface area (Å²) in [6.07, 6.45) is 11.9. The first kappa shape index (κ1) is 18.7. The number of aliphatic hydroxyl groups is 2. The lowest BCUT2D eigenvalue weighted by molar-refractivity contribution is -0.0263. The van der Waals surface area contributed by atoms with E-state index >= 15 is 0 Å². The van der Waals surface area contributed by atoms with Crippen LogP contribution in [0.5, 0.6) is 0 Å². The molecule has 0 amide bonds. The van der Waals surface area contributed by atoms with Crippen molar-refractivity contribution < 1.29 is 10.2 Å². The lowest BCUT2D eigenvalue weighted by Crippen LogP contribution is -2.34. The van der Waals surface area contributed by atoms with Crippen LogP contribution in [0.25, 0.3) is 0 Å². The number of hydrogen-bond acceptors (Lipinski definition) is 2. The summed E-state index contributed by atoms with van der Waals surface area (Å²) in [4.78, 5) is 0. The van der Waals surface area contributed by atoms with Crippen LogP contribution in [0.3, 0.4) is 0 Å². The number of hydrogen-bond donors (Lipinski definition) is 2. The Morgan fingerprint density at radius 1 is 1.05 bits per heavy atom. The van der Waals surface area contributed by atoms with E-state index in [1.807, 2.05) is 0 Å². The predicted octanol–water partition coefficient (Wildman–Crippen LogP) is 4.45. The van der Waals surface area contributed by atoms with Gasteiger partial charge in [-0.1, -0.05) is 52.2 Å². The van der Waals surface area contributed by atoms with Crippen molar-refractivity contribution >= 4 is 0 Å².